The van der Waals surface area contributed by atoms with Crippen LogP contribution in [0.15, 0.2) is 66.7 Å². The number of ether oxygens (including phenoxy) is 1. The van der Waals surface area contributed by atoms with Crippen LogP contribution in [0.2, 0.25) is 0 Å². The highest BCUT2D eigenvalue weighted by molar-refractivity contribution is 7.21. The van der Waals surface area contributed by atoms with E-state index in [1.807, 2.05) is 30.3 Å². The molecule has 41 heavy (non-hydrogen) atoms. The number of nitrogen functional groups attached to an aromatic ring is 1. The van der Waals surface area contributed by atoms with E-state index in [1.54, 1.807) is 36.4 Å². The molecule has 0 saturated heterocycles. The van der Waals surface area contributed by atoms with Crippen LogP contribution in [0, 0.1) is 0 Å². The molecule has 2 unspecified atom stereocenters. The third-order valence-corrected chi connectivity index (χ3v) is 9.28. The van der Waals surface area contributed by atoms with E-state index in [9.17, 15) is 14.4 Å². The molecule has 1 saturated carbocycles. The summed E-state index contributed by atoms with van der Waals surface area (Å²) in [5.74, 6) is 0.380. The number of carbonyl (C=O) groups excluding carboxylic acids is 3. The van der Waals surface area contributed by atoms with Crippen molar-refractivity contribution in [2.75, 3.05) is 5.73 Å². The zero-order valence-corrected chi connectivity index (χ0v) is 23.3. The number of rotatable bonds is 6. The van der Waals surface area contributed by atoms with E-state index < -0.39 is 17.4 Å². The first-order valence-corrected chi connectivity index (χ1v) is 14.4. The molecular weight excluding hydrogens is 538 g/mol. The van der Waals surface area contributed by atoms with Gasteiger partial charge in [0.2, 0.25) is 5.91 Å². The summed E-state index contributed by atoms with van der Waals surface area (Å²) in [4.78, 5) is 39.6. The normalized spacial score (nSPS) is 23.4. The summed E-state index contributed by atoms with van der Waals surface area (Å²) < 4.78 is 6.57. The van der Waals surface area contributed by atoms with E-state index in [0.717, 1.165) is 19.3 Å². The van der Waals surface area contributed by atoms with Gasteiger partial charge in [-0.15, -0.1) is 11.3 Å². The van der Waals surface area contributed by atoms with Crippen molar-refractivity contribution in [2.45, 2.75) is 49.9 Å². The Bertz CT molecular complexity index is 1670. The number of anilines is 1. The second-order valence-electron chi connectivity index (χ2n) is 10.7. The first-order valence-electron chi connectivity index (χ1n) is 13.5. The maximum absolute atomic E-state index is 14.0. The molecule has 1 fully saturated rings. The van der Waals surface area contributed by atoms with Crippen molar-refractivity contribution in [3.05, 3.63) is 88.3 Å². The Hall–Kier alpha value is -4.25. The third kappa shape index (κ3) is 4.54. The van der Waals surface area contributed by atoms with Gasteiger partial charge in [-0.1, -0.05) is 36.4 Å². The smallest absolute Gasteiger partial charge is 0.262 e. The quantitative estimate of drug-likeness (QED) is 0.220. The highest BCUT2D eigenvalue weighted by atomic mass is 32.1. The van der Waals surface area contributed by atoms with Crippen LogP contribution in [-0.4, -0.2) is 29.7 Å². The van der Waals surface area contributed by atoms with E-state index in [1.165, 1.54) is 18.3 Å². The Balaban J connectivity index is 1.39. The highest BCUT2D eigenvalue weighted by Crippen LogP contribution is 2.49. The lowest BCUT2D eigenvalue weighted by Gasteiger charge is -2.36. The summed E-state index contributed by atoms with van der Waals surface area (Å²) in [5.41, 5.74) is 20.4. The fourth-order valence-corrected chi connectivity index (χ4v) is 7.26. The molecule has 6 rings (SSSR count). The average Bonchev–Trinajstić information content (AvgIpc) is 3.57. The summed E-state index contributed by atoms with van der Waals surface area (Å²) in [6.07, 6.45) is 2.41. The number of thiophene rings is 1. The highest BCUT2D eigenvalue weighted by Gasteiger charge is 2.49. The topological polar surface area (TPSA) is 163 Å². The van der Waals surface area contributed by atoms with Crippen LogP contribution < -0.4 is 32.6 Å². The number of para-hydroxylation sites is 1. The number of carbonyl (C=O) groups is 3. The van der Waals surface area contributed by atoms with Gasteiger partial charge in [0, 0.05) is 35.6 Å². The van der Waals surface area contributed by atoms with Crippen molar-refractivity contribution in [3.8, 4) is 11.5 Å². The lowest BCUT2D eigenvalue weighted by atomic mass is 9.70. The van der Waals surface area contributed by atoms with Gasteiger partial charge in [-0.3, -0.25) is 14.4 Å². The van der Waals surface area contributed by atoms with Crippen LogP contribution >= 0.6 is 11.3 Å². The number of amides is 2. The van der Waals surface area contributed by atoms with Crippen LogP contribution in [0.25, 0.3) is 10.1 Å². The molecule has 0 spiro atoms. The zero-order chi connectivity index (χ0) is 28.9. The lowest BCUT2D eigenvalue weighted by molar-refractivity contribution is -0.124. The summed E-state index contributed by atoms with van der Waals surface area (Å²) in [6, 6.07) is 18.4. The van der Waals surface area contributed by atoms with Crippen molar-refractivity contribution < 1.29 is 19.1 Å². The first kappa shape index (κ1) is 26.9. The molecule has 2 aliphatic rings. The molecule has 0 bridgehead atoms. The van der Waals surface area contributed by atoms with Crippen molar-refractivity contribution in [1.29, 1.82) is 0 Å². The predicted octanol–water partition coefficient (Wildman–Crippen LogP) is 3.85. The minimum atomic E-state index is -1.56. The van der Waals surface area contributed by atoms with Crippen molar-refractivity contribution in [2.24, 2.45) is 11.5 Å². The SMILES string of the molecule is CC(=O)N[C@H]1CCC[C@H]1NC(=O)c1sc2c(N)ccc3c2c1C(N)C(=O)C3(N)c1ccc(Oc2ccccc2)cc1. The van der Waals surface area contributed by atoms with Gasteiger partial charge in [0.1, 0.15) is 17.0 Å². The lowest BCUT2D eigenvalue weighted by Crippen LogP contribution is -2.52. The van der Waals surface area contributed by atoms with Gasteiger partial charge >= 0.3 is 0 Å². The molecule has 4 aromatic rings. The first-order chi connectivity index (χ1) is 19.7. The van der Waals surface area contributed by atoms with Crippen LogP contribution in [-0.2, 0) is 15.1 Å². The second-order valence-corrected chi connectivity index (χ2v) is 11.7. The summed E-state index contributed by atoms with van der Waals surface area (Å²) in [7, 11) is 0. The number of nitrogens with two attached hydrogens (primary N) is 3. The Kier molecular flexibility index (Phi) is 6.77. The van der Waals surface area contributed by atoms with Crippen molar-refractivity contribution in [3.63, 3.8) is 0 Å². The third-order valence-electron chi connectivity index (χ3n) is 8.03. The van der Waals surface area contributed by atoms with Gasteiger partial charge in [-0.25, -0.2) is 0 Å². The average molecular weight is 570 g/mol. The molecule has 3 aromatic carbocycles. The van der Waals surface area contributed by atoms with Crippen molar-refractivity contribution in [1.82, 2.24) is 10.6 Å². The predicted molar refractivity (Wildman–Crippen MR) is 159 cm³/mol. The Morgan fingerprint density at radius 3 is 2.29 bits per heavy atom. The fourth-order valence-electron chi connectivity index (χ4n) is 6.06. The van der Waals surface area contributed by atoms with Gasteiger partial charge in [-0.2, -0.15) is 0 Å². The fraction of sp³-hybridized carbons (Fsp3) is 0.258. The number of hydrogen-bond donors (Lipinski definition) is 5. The number of ketones is 1. The molecule has 2 aliphatic carbocycles. The number of benzene rings is 3. The molecule has 2 amide bonds. The van der Waals surface area contributed by atoms with Crippen LogP contribution in [0.3, 0.4) is 0 Å². The second kappa shape index (κ2) is 10.3. The molecule has 1 heterocycles. The van der Waals surface area contributed by atoms with Gasteiger partial charge in [-0.05, 0) is 60.7 Å². The van der Waals surface area contributed by atoms with Crippen molar-refractivity contribution >= 4 is 44.7 Å². The minimum Gasteiger partial charge on any atom is -0.457 e. The summed E-state index contributed by atoms with van der Waals surface area (Å²) >= 11 is 1.21. The molecule has 10 heteroatoms. The number of Topliss-reactive ketones (excluding diaryl/α,β-unsaturated/α-hetero) is 1. The minimum absolute atomic E-state index is 0.142. The zero-order valence-electron chi connectivity index (χ0n) is 22.5. The largest absolute Gasteiger partial charge is 0.457 e. The molecule has 0 radical (unpaired) electrons. The van der Waals surface area contributed by atoms with Gasteiger partial charge in [0.25, 0.3) is 5.91 Å². The summed E-state index contributed by atoms with van der Waals surface area (Å²) in [5, 5.41) is 6.63. The van der Waals surface area contributed by atoms with E-state index >= 15 is 0 Å². The Morgan fingerprint density at radius 1 is 0.951 bits per heavy atom. The molecule has 1 aromatic heterocycles. The summed E-state index contributed by atoms with van der Waals surface area (Å²) in [6.45, 7) is 1.46. The molecule has 210 valence electrons. The molecular formula is C31H31N5O4S. The van der Waals surface area contributed by atoms with Crippen LogP contribution in [0.5, 0.6) is 11.5 Å². The monoisotopic (exact) mass is 569 g/mol. The van der Waals surface area contributed by atoms with Crippen LogP contribution in [0.4, 0.5) is 5.69 Å². The number of hydrogen-bond acceptors (Lipinski definition) is 8. The van der Waals surface area contributed by atoms with Crippen LogP contribution in [0.1, 0.15) is 58.6 Å². The standard InChI is InChI=1S/C31H31N5O4S/c1-16(37)35-22-8-5-9-23(22)36-30(39)28-25-24-20(14-15-21(32)27(24)41-28)31(34,29(38)26(25)33)17-10-12-19(13-11-17)40-18-6-3-2-4-7-18/h2-4,6-7,10-15,22-23,26H,5,8-9,32-34H2,1H3,(H,35,37)(H,36,39)/t22-,23+,26?,31?/m0/s1. The maximum Gasteiger partial charge on any atom is 0.262 e. The van der Waals surface area contributed by atoms with E-state index in [0.29, 0.717) is 48.8 Å². The Morgan fingerprint density at radius 2 is 1.61 bits per heavy atom. The van der Waals surface area contributed by atoms with E-state index in [2.05, 4.69) is 10.6 Å². The van der Waals surface area contributed by atoms with E-state index in [-0.39, 0.29) is 23.9 Å². The number of nitrogens with one attached hydrogen (secondary N) is 2. The Labute approximate surface area is 241 Å². The van der Waals surface area contributed by atoms with E-state index in [4.69, 9.17) is 21.9 Å². The molecule has 9 nitrogen and oxygen atoms in total. The molecule has 0 aliphatic heterocycles. The van der Waals surface area contributed by atoms with Gasteiger partial charge in [0.15, 0.2) is 5.78 Å². The maximum atomic E-state index is 14.0. The molecule has 8 N–H and O–H groups in total. The van der Waals surface area contributed by atoms with Gasteiger partial charge in [0.05, 0.1) is 15.6 Å². The molecule has 4 atom stereocenters. The van der Waals surface area contributed by atoms with Gasteiger partial charge < -0.3 is 32.6 Å².